The van der Waals surface area contributed by atoms with Crippen molar-refractivity contribution in [2.24, 2.45) is 0 Å². The number of aromatic nitrogens is 3. The summed E-state index contributed by atoms with van der Waals surface area (Å²) in [6.45, 7) is 0. The van der Waals surface area contributed by atoms with E-state index in [4.69, 9.17) is 17.3 Å². The molecule has 0 aliphatic rings. The molecule has 0 saturated heterocycles. The number of aromatic amines is 1. The lowest BCUT2D eigenvalue weighted by molar-refractivity contribution is 0.102. The van der Waals surface area contributed by atoms with E-state index in [9.17, 15) is 13.6 Å². The summed E-state index contributed by atoms with van der Waals surface area (Å²) in [6, 6.07) is 12.9. The highest BCUT2D eigenvalue weighted by molar-refractivity contribution is 6.33. The Morgan fingerprint density at radius 2 is 1.90 bits per heavy atom. The number of hydrogen-bond donors (Lipinski definition) is 3. The molecule has 9 heteroatoms. The number of imidazole rings is 1. The van der Waals surface area contributed by atoms with E-state index in [0.29, 0.717) is 16.9 Å². The molecule has 2 aromatic heterocycles. The molecule has 1 amide bonds. The largest absolute Gasteiger partial charge is 0.383 e. The molecule has 6 nitrogen and oxygen atoms in total. The Morgan fingerprint density at radius 3 is 2.60 bits per heavy atom. The molecule has 4 rings (SSSR count). The van der Waals surface area contributed by atoms with Crippen LogP contribution in [-0.2, 0) is 0 Å². The number of anilines is 2. The number of nitrogen functional groups attached to an aromatic ring is 1. The molecule has 0 radical (unpaired) electrons. The summed E-state index contributed by atoms with van der Waals surface area (Å²) in [5.74, 6) is -1.12. The normalized spacial score (nSPS) is 10.8. The number of amides is 1. The van der Waals surface area contributed by atoms with Gasteiger partial charge in [0.1, 0.15) is 34.7 Å². The van der Waals surface area contributed by atoms with Crippen LogP contribution in [0.4, 0.5) is 20.3 Å². The number of nitrogens with one attached hydrogen (secondary N) is 2. The molecule has 2 heterocycles. The van der Waals surface area contributed by atoms with Crippen molar-refractivity contribution in [3.8, 4) is 22.6 Å². The zero-order valence-electron chi connectivity index (χ0n) is 15.3. The molecule has 150 valence electrons. The quantitative estimate of drug-likeness (QED) is 0.433. The van der Waals surface area contributed by atoms with Crippen molar-refractivity contribution in [3.05, 3.63) is 83.1 Å². The van der Waals surface area contributed by atoms with E-state index in [2.05, 4.69) is 20.3 Å². The molecule has 0 unspecified atom stereocenters. The molecular weight excluding hydrogens is 412 g/mol. The fraction of sp³-hybridized carbons (Fsp3) is 0. The van der Waals surface area contributed by atoms with Gasteiger partial charge in [0.15, 0.2) is 0 Å². The minimum absolute atomic E-state index is 0.108. The van der Waals surface area contributed by atoms with Crippen molar-refractivity contribution in [2.45, 2.75) is 0 Å². The van der Waals surface area contributed by atoms with Gasteiger partial charge in [0.25, 0.3) is 5.91 Å². The number of carbonyl (C=O) groups excluding carboxylic acids is 1. The van der Waals surface area contributed by atoms with Gasteiger partial charge in [-0.1, -0.05) is 23.7 Å². The maximum Gasteiger partial charge on any atom is 0.274 e. The fourth-order valence-electron chi connectivity index (χ4n) is 2.88. The van der Waals surface area contributed by atoms with E-state index >= 15 is 0 Å². The Hall–Kier alpha value is -3.78. The zero-order chi connectivity index (χ0) is 21.3. The molecule has 0 saturated carbocycles. The van der Waals surface area contributed by atoms with Crippen LogP contribution in [0.5, 0.6) is 0 Å². The molecule has 0 aliphatic carbocycles. The Balaban J connectivity index is 1.59. The van der Waals surface area contributed by atoms with Crippen LogP contribution in [-0.4, -0.2) is 20.9 Å². The Kier molecular flexibility index (Phi) is 5.16. The topological polar surface area (TPSA) is 96.7 Å². The minimum atomic E-state index is -0.537. The van der Waals surface area contributed by atoms with Crippen molar-refractivity contribution in [2.75, 3.05) is 11.1 Å². The summed E-state index contributed by atoms with van der Waals surface area (Å²) < 4.78 is 27.4. The molecule has 0 spiro atoms. The lowest BCUT2D eigenvalue weighted by atomic mass is 10.2. The van der Waals surface area contributed by atoms with Gasteiger partial charge in [-0.05, 0) is 42.5 Å². The number of halogens is 3. The second kappa shape index (κ2) is 7.92. The van der Waals surface area contributed by atoms with Gasteiger partial charge in [-0.15, -0.1) is 0 Å². The van der Waals surface area contributed by atoms with E-state index in [1.807, 2.05) is 0 Å². The maximum absolute atomic E-state index is 14.2. The number of hydrogen-bond acceptors (Lipinski definition) is 4. The van der Waals surface area contributed by atoms with Gasteiger partial charge in [0.2, 0.25) is 0 Å². The summed E-state index contributed by atoms with van der Waals surface area (Å²) in [7, 11) is 0. The highest BCUT2D eigenvalue weighted by Gasteiger charge is 2.17. The molecule has 0 bridgehead atoms. The van der Waals surface area contributed by atoms with Crippen LogP contribution >= 0.6 is 11.6 Å². The summed E-state index contributed by atoms with van der Waals surface area (Å²) in [6.07, 6.45) is 1.42. The SMILES string of the molecule is Nc1[nH]c(-c2c(F)cccc2Cl)nc1-c1ccc(C(=O)Nc2cccc(F)c2)nc1. The van der Waals surface area contributed by atoms with Crippen LogP contribution in [0.2, 0.25) is 5.02 Å². The smallest absolute Gasteiger partial charge is 0.274 e. The van der Waals surface area contributed by atoms with Gasteiger partial charge in [-0.2, -0.15) is 0 Å². The summed E-state index contributed by atoms with van der Waals surface area (Å²) in [4.78, 5) is 23.6. The van der Waals surface area contributed by atoms with Gasteiger partial charge in [0, 0.05) is 17.4 Å². The van der Waals surface area contributed by atoms with Crippen molar-refractivity contribution >= 4 is 29.0 Å². The Bertz CT molecular complexity index is 1220. The molecule has 0 fully saturated rings. The van der Waals surface area contributed by atoms with Crippen LogP contribution in [0.25, 0.3) is 22.6 Å². The second-order valence-corrected chi connectivity index (χ2v) is 6.75. The lowest BCUT2D eigenvalue weighted by Crippen LogP contribution is -2.13. The molecule has 0 aliphatic heterocycles. The first-order valence-electron chi connectivity index (χ1n) is 8.75. The number of H-pyrrole nitrogens is 1. The van der Waals surface area contributed by atoms with Crippen molar-refractivity contribution in [3.63, 3.8) is 0 Å². The van der Waals surface area contributed by atoms with Gasteiger partial charge < -0.3 is 16.0 Å². The third-order valence-electron chi connectivity index (χ3n) is 4.28. The third-order valence-corrected chi connectivity index (χ3v) is 4.60. The molecule has 0 atom stereocenters. The van der Waals surface area contributed by atoms with Gasteiger partial charge in [-0.25, -0.2) is 13.8 Å². The number of rotatable bonds is 4. The maximum atomic E-state index is 14.2. The monoisotopic (exact) mass is 425 g/mol. The molecular formula is C21H14ClF2N5O. The molecule has 2 aromatic carbocycles. The lowest BCUT2D eigenvalue weighted by Gasteiger charge is -2.05. The highest BCUT2D eigenvalue weighted by atomic mass is 35.5. The van der Waals surface area contributed by atoms with Crippen molar-refractivity contribution in [1.29, 1.82) is 0 Å². The predicted octanol–water partition coefficient (Wildman–Crippen LogP) is 4.90. The van der Waals surface area contributed by atoms with Crippen LogP contribution in [0.15, 0.2) is 60.8 Å². The van der Waals surface area contributed by atoms with Crippen LogP contribution < -0.4 is 11.1 Å². The Morgan fingerprint density at radius 1 is 1.10 bits per heavy atom. The third kappa shape index (κ3) is 3.85. The van der Waals surface area contributed by atoms with E-state index in [0.717, 1.165) is 0 Å². The Labute approximate surface area is 174 Å². The second-order valence-electron chi connectivity index (χ2n) is 6.34. The van der Waals surface area contributed by atoms with Crippen molar-refractivity contribution in [1.82, 2.24) is 15.0 Å². The number of carbonyl (C=O) groups is 1. The van der Waals surface area contributed by atoms with Gasteiger partial charge >= 0.3 is 0 Å². The summed E-state index contributed by atoms with van der Waals surface area (Å²) in [5.41, 5.74) is 7.40. The van der Waals surface area contributed by atoms with Gasteiger partial charge in [-0.3, -0.25) is 9.78 Å². The zero-order valence-corrected chi connectivity index (χ0v) is 16.0. The highest BCUT2D eigenvalue weighted by Crippen LogP contribution is 2.32. The minimum Gasteiger partial charge on any atom is -0.383 e. The molecule has 4 N–H and O–H groups in total. The number of pyridine rings is 1. The first kappa shape index (κ1) is 19.5. The van der Waals surface area contributed by atoms with E-state index in [-0.39, 0.29) is 27.9 Å². The van der Waals surface area contributed by atoms with Crippen LogP contribution in [0.3, 0.4) is 0 Å². The first-order chi connectivity index (χ1) is 14.4. The van der Waals surface area contributed by atoms with E-state index < -0.39 is 17.5 Å². The fourth-order valence-corrected chi connectivity index (χ4v) is 3.13. The number of nitrogens with two attached hydrogens (primary N) is 1. The van der Waals surface area contributed by atoms with Crippen molar-refractivity contribution < 1.29 is 13.6 Å². The first-order valence-corrected chi connectivity index (χ1v) is 9.13. The molecule has 4 aromatic rings. The van der Waals surface area contributed by atoms with Gasteiger partial charge in [0.05, 0.1) is 10.6 Å². The summed E-state index contributed by atoms with van der Waals surface area (Å²) >= 11 is 6.08. The average Bonchev–Trinajstić information content (AvgIpc) is 3.09. The standard InChI is InChI=1S/C21H14ClF2N5O/c22-14-5-2-6-15(24)17(14)20-28-18(19(25)29-20)11-7-8-16(26-10-11)21(30)27-13-4-1-3-12(23)9-13/h1-10H,25H2,(H,27,30)(H,28,29). The van der Waals surface area contributed by atoms with E-state index in [1.54, 1.807) is 18.2 Å². The predicted molar refractivity (Wildman–Crippen MR) is 111 cm³/mol. The average molecular weight is 426 g/mol. The summed E-state index contributed by atoms with van der Waals surface area (Å²) in [5, 5.41) is 2.76. The number of benzene rings is 2. The molecule has 30 heavy (non-hydrogen) atoms. The van der Waals surface area contributed by atoms with Crippen LogP contribution in [0, 0.1) is 11.6 Å². The van der Waals surface area contributed by atoms with E-state index in [1.165, 1.54) is 42.6 Å². The number of nitrogens with zero attached hydrogens (tertiary/aromatic N) is 2. The van der Waals surface area contributed by atoms with Crippen LogP contribution in [0.1, 0.15) is 10.5 Å².